The van der Waals surface area contributed by atoms with Crippen LogP contribution in [0, 0.1) is 0 Å². The van der Waals surface area contributed by atoms with Crippen LogP contribution in [0.25, 0.3) is 0 Å². The van der Waals surface area contributed by atoms with Gasteiger partial charge in [-0.15, -0.1) is 0 Å². The Morgan fingerprint density at radius 2 is 1.54 bits per heavy atom. The van der Waals surface area contributed by atoms with Crippen LogP contribution in [0.5, 0.6) is 0 Å². The maximum Gasteiger partial charge on any atom is 0.109 e. The molecule has 1 aliphatic rings. The summed E-state index contributed by atoms with van der Waals surface area (Å²) in [5.41, 5.74) is 0. The molecule has 0 radical (unpaired) electrons. The van der Waals surface area contributed by atoms with E-state index in [1.165, 1.54) is 0 Å². The molecule has 78 valence electrons. The summed E-state index contributed by atoms with van der Waals surface area (Å²) in [7, 11) is 0. The van der Waals surface area contributed by atoms with Crippen molar-refractivity contribution in [1.29, 1.82) is 0 Å². The van der Waals surface area contributed by atoms with Gasteiger partial charge in [-0.1, -0.05) is 6.92 Å². The van der Waals surface area contributed by atoms with Gasteiger partial charge < -0.3 is 25.7 Å². The van der Waals surface area contributed by atoms with Gasteiger partial charge in [-0.2, -0.15) is 0 Å². The molecular weight excluding hydrogens is 174 g/mol. The Hall–Kier alpha value is -0.200. The van der Waals surface area contributed by atoms with E-state index < -0.39 is 24.4 Å². The topological polar surface area (TPSA) is 93.0 Å². The lowest BCUT2D eigenvalue weighted by Crippen LogP contribution is -2.65. The third-order valence-corrected chi connectivity index (χ3v) is 2.59. The van der Waals surface area contributed by atoms with Crippen molar-refractivity contribution in [3.05, 3.63) is 0 Å². The summed E-state index contributed by atoms with van der Waals surface area (Å²) in [5.74, 6) is 0. The van der Waals surface area contributed by atoms with Gasteiger partial charge in [0.1, 0.15) is 6.10 Å². The van der Waals surface area contributed by atoms with E-state index in [-0.39, 0.29) is 12.6 Å². The van der Waals surface area contributed by atoms with Gasteiger partial charge >= 0.3 is 0 Å². The number of aliphatic hydroxyl groups is 4. The highest BCUT2D eigenvalue weighted by Gasteiger charge is 2.40. The molecule has 5 atom stereocenters. The standard InChI is InChI=1S/C8H17NO4/c1-2-4-6(11)8(13)7(12)5(3-10)9-4/h4-13H,2-3H2,1H3/t4-,5+,6-,7+,8+/m0/s1. The van der Waals surface area contributed by atoms with Crippen molar-refractivity contribution >= 4 is 0 Å². The fraction of sp³-hybridized carbons (Fsp3) is 1.00. The van der Waals surface area contributed by atoms with Gasteiger partial charge in [-0.05, 0) is 6.42 Å². The molecule has 0 aromatic rings. The van der Waals surface area contributed by atoms with E-state index in [2.05, 4.69) is 5.32 Å². The molecule has 0 amide bonds. The number of rotatable bonds is 2. The molecule has 0 aliphatic carbocycles. The van der Waals surface area contributed by atoms with E-state index in [0.717, 1.165) is 0 Å². The van der Waals surface area contributed by atoms with Gasteiger partial charge in [0.15, 0.2) is 0 Å². The Labute approximate surface area is 77.0 Å². The van der Waals surface area contributed by atoms with Crippen LogP contribution in [0.15, 0.2) is 0 Å². The molecule has 1 aliphatic heterocycles. The normalized spacial score (nSPS) is 46.4. The average molecular weight is 191 g/mol. The van der Waals surface area contributed by atoms with E-state index in [9.17, 15) is 15.3 Å². The Morgan fingerprint density at radius 3 is 2.00 bits per heavy atom. The Kier molecular flexibility index (Phi) is 3.63. The number of piperidine rings is 1. The minimum absolute atomic E-state index is 0.249. The largest absolute Gasteiger partial charge is 0.395 e. The summed E-state index contributed by atoms with van der Waals surface area (Å²) in [6, 6.07) is -0.820. The molecule has 0 spiro atoms. The first-order chi connectivity index (χ1) is 6.11. The van der Waals surface area contributed by atoms with E-state index in [1.54, 1.807) is 0 Å². The summed E-state index contributed by atoms with van der Waals surface area (Å²) >= 11 is 0. The maximum absolute atomic E-state index is 9.47. The molecule has 1 rings (SSSR count). The van der Waals surface area contributed by atoms with Crippen molar-refractivity contribution < 1.29 is 20.4 Å². The van der Waals surface area contributed by atoms with E-state index in [0.29, 0.717) is 6.42 Å². The molecule has 1 saturated heterocycles. The monoisotopic (exact) mass is 191 g/mol. The fourth-order valence-corrected chi connectivity index (χ4v) is 1.67. The first-order valence-electron chi connectivity index (χ1n) is 4.53. The number of aliphatic hydroxyl groups excluding tert-OH is 4. The number of hydrogen-bond acceptors (Lipinski definition) is 5. The van der Waals surface area contributed by atoms with Crippen LogP contribution in [0.4, 0.5) is 0 Å². The SMILES string of the molecule is CC[C@@H]1N[C@H](CO)[C@@H](O)[C@H](O)[C@H]1O. The average Bonchev–Trinajstić information content (AvgIpc) is 2.15. The van der Waals surface area contributed by atoms with Gasteiger partial charge in [0, 0.05) is 6.04 Å². The molecular formula is C8H17NO4. The maximum atomic E-state index is 9.47. The first-order valence-corrected chi connectivity index (χ1v) is 4.53. The highest BCUT2D eigenvalue weighted by molar-refractivity contribution is 4.97. The summed E-state index contributed by atoms with van der Waals surface area (Å²) in [6.45, 7) is 1.61. The van der Waals surface area contributed by atoms with Crippen LogP contribution < -0.4 is 5.32 Å². The zero-order valence-corrected chi connectivity index (χ0v) is 7.59. The Balaban J connectivity index is 2.66. The molecule has 0 aromatic heterocycles. The quantitative estimate of drug-likeness (QED) is 0.342. The van der Waals surface area contributed by atoms with Crippen molar-refractivity contribution in [2.24, 2.45) is 0 Å². The highest BCUT2D eigenvalue weighted by Crippen LogP contribution is 2.16. The fourth-order valence-electron chi connectivity index (χ4n) is 1.67. The van der Waals surface area contributed by atoms with Gasteiger partial charge in [0.05, 0.1) is 24.9 Å². The molecule has 5 N–H and O–H groups in total. The second-order valence-electron chi connectivity index (χ2n) is 3.44. The van der Waals surface area contributed by atoms with Crippen molar-refractivity contribution in [2.75, 3.05) is 6.61 Å². The Bertz CT molecular complexity index is 146. The second kappa shape index (κ2) is 4.34. The molecule has 5 nitrogen and oxygen atoms in total. The van der Waals surface area contributed by atoms with Crippen LogP contribution >= 0.6 is 0 Å². The lowest BCUT2D eigenvalue weighted by Gasteiger charge is -2.40. The lowest BCUT2D eigenvalue weighted by molar-refractivity contribution is -0.119. The molecule has 5 heteroatoms. The van der Waals surface area contributed by atoms with Gasteiger partial charge in [0.25, 0.3) is 0 Å². The van der Waals surface area contributed by atoms with Crippen LogP contribution in [0.3, 0.4) is 0 Å². The zero-order chi connectivity index (χ0) is 10.0. The number of nitrogens with one attached hydrogen (secondary N) is 1. The van der Waals surface area contributed by atoms with Gasteiger partial charge in [-0.25, -0.2) is 0 Å². The third-order valence-electron chi connectivity index (χ3n) is 2.59. The molecule has 13 heavy (non-hydrogen) atoms. The van der Waals surface area contributed by atoms with Crippen LogP contribution in [0.2, 0.25) is 0 Å². The highest BCUT2D eigenvalue weighted by atomic mass is 16.4. The first kappa shape index (κ1) is 10.9. The minimum Gasteiger partial charge on any atom is -0.395 e. The molecule has 0 saturated carbocycles. The van der Waals surface area contributed by atoms with Crippen LogP contribution in [-0.4, -0.2) is 57.4 Å². The predicted molar refractivity (Wildman–Crippen MR) is 46.1 cm³/mol. The molecule has 0 aromatic carbocycles. The van der Waals surface area contributed by atoms with E-state index in [4.69, 9.17) is 5.11 Å². The minimum atomic E-state index is -1.18. The van der Waals surface area contributed by atoms with E-state index >= 15 is 0 Å². The smallest absolute Gasteiger partial charge is 0.109 e. The lowest BCUT2D eigenvalue weighted by atomic mass is 9.89. The summed E-state index contributed by atoms with van der Waals surface area (Å²) in [6.07, 6.45) is -2.62. The van der Waals surface area contributed by atoms with Crippen LogP contribution in [0.1, 0.15) is 13.3 Å². The third kappa shape index (κ3) is 2.00. The second-order valence-corrected chi connectivity index (χ2v) is 3.44. The number of hydrogen-bond donors (Lipinski definition) is 5. The van der Waals surface area contributed by atoms with Gasteiger partial charge in [-0.3, -0.25) is 0 Å². The van der Waals surface area contributed by atoms with Crippen molar-refractivity contribution in [1.82, 2.24) is 5.32 Å². The predicted octanol–water partition coefficient (Wildman–Crippen LogP) is -2.19. The van der Waals surface area contributed by atoms with Crippen molar-refractivity contribution in [3.63, 3.8) is 0 Å². The Morgan fingerprint density at radius 1 is 1.00 bits per heavy atom. The summed E-state index contributed by atoms with van der Waals surface area (Å²) < 4.78 is 0. The van der Waals surface area contributed by atoms with Crippen molar-refractivity contribution in [2.45, 2.75) is 43.7 Å². The molecule has 0 bridgehead atoms. The molecule has 1 fully saturated rings. The van der Waals surface area contributed by atoms with E-state index in [1.807, 2.05) is 6.92 Å². The summed E-state index contributed by atoms with van der Waals surface area (Å²) in [4.78, 5) is 0. The van der Waals surface area contributed by atoms with Gasteiger partial charge in [0.2, 0.25) is 0 Å². The van der Waals surface area contributed by atoms with Crippen molar-refractivity contribution in [3.8, 4) is 0 Å². The molecule has 1 heterocycles. The summed E-state index contributed by atoms with van der Waals surface area (Å²) in [5, 5.41) is 40.0. The van der Waals surface area contributed by atoms with Crippen LogP contribution in [-0.2, 0) is 0 Å². The zero-order valence-electron chi connectivity index (χ0n) is 7.59. The molecule has 0 unspecified atom stereocenters.